The van der Waals surface area contributed by atoms with Crippen molar-refractivity contribution in [3.63, 3.8) is 0 Å². The van der Waals surface area contributed by atoms with Gasteiger partial charge < -0.3 is 10.1 Å². The summed E-state index contributed by atoms with van der Waals surface area (Å²) < 4.78 is 31.0. The van der Waals surface area contributed by atoms with Crippen molar-refractivity contribution in [1.29, 1.82) is 0 Å². The topological polar surface area (TPSA) is 75.7 Å². The Morgan fingerprint density at radius 1 is 1.11 bits per heavy atom. The number of nitrogens with one attached hydrogen (secondary N) is 1. The number of hydrogen-bond acceptors (Lipinski definition) is 4. The summed E-state index contributed by atoms with van der Waals surface area (Å²) in [5.74, 6) is 0.810. The first-order valence-electron chi connectivity index (χ1n) is 9.12. The molecule has 0 saturated carbocycles. The van der Waals surface area contributed by atoms with Gasteiger partial charge in [-0.25, -0.2) is 12.7 Å². The van der Waals surface area contributed by atoms with Gasteiger partial charge in [0.1, 0.15) is 5.75 Å². The number of hydrogen-bond donors (Lipinski definition) is 1. The van der Waals surface area contributed by atoms with Gasteiger partial charge in [-0.1, -0.05) is 32.0 Å². The lowest BCUT2D eigenvalue weighted by Gasteiger charge is -2.22. The number of carbonyl (C=O) groups is 1. The highest BCUT2D eigenvalue weighted by Gasteiger charge is 2.21. The maximum absolute atomic E-state index is 12.8. The standard InChI is InChI=1S/C21H28N2O4S/c1-15(2)13-20(16-9-11-18(27-5)12-10-16)22-21(24)17-7-6-8-19(14-17)28(25,26)23(3)4/h6-12,14-15,20H,13H2,1-5H3,(H,22,24). The first kappa shape index (κ1) is 21.9. The van der Waals surface area contributed by atoms with Crippen LogP contribution in [0.2, 0.25) is 0 Å². The molecule has 0 heterocycles. The number of benzene rings is 2. The van der Waals surface area contributed by atoms with Crippen LogP contribution in [0, 0.1) is 5.92 Å². The smallest absolute Gasteiger partial charge is 0.251 e. The molecule has 1 atom stereocenters. The van der Waals surface area contributed by atoms with E-state index in [9.17, 15) is 13.2 Å². The molecule has 0 aromatic heterocycles. The average Bonchev–Trinajstić information content (AvgIpc) is 2.67. The van der Waals surface area contributed by atoms with Crippen molar-refractivity contribution >= 4 is 15.9 Å². The Morgan fingerprint density at radius 3 is 2.29 bits per heavy atom. The molecule has 0 spiro atoms. The van der Waals surface area contributed by atoms with E-state index in [4.69, 9.17) is 4.74 Å². The van der Waals surface area contributed by atoms with Gasteiger partial charge in [-0.05, 0) is 48.2 Å². The molecule has 152 valence electrons. The van der Waals surface area contributed by atoms with Crippen LogP contribution >= 0.6 is 0 Å². The minimum absolute atomic E-state index is 0.0926. The largest absolute Gasteiger partial charge is 0.497 e. The summed E-state index contributed by atoms with van der Waals surface area (Å²) >= 11 is 0. The molecule has 7 heteroatoms. The number of carbonyl (C=O) groups excluding carboxylic acids is 1. The van der Waals surface area contributed by atoms with Crippen LogP contribution in [-0.4, -0.2) is 39.8 Å². The number of nitrogens with zero attached hydrogens (tertiary/aromatic N) is 1. The van der Waals surface area contributed by atoms with Crippen LogP contribution in [0.25, 0.3) is 0 Å². The molecule has 1 unspecified atom stereocenters. The zero-order chi connectivity index (χ0) is 20.9. The minimum atomic E-state index is -3.60. The van der Waals surface area contributed by atoms with Crippen LogP contribution in [-0.2, 0) is 10.0 Å². The van der Waals surface area contributed by atoms with E-state index in [1.807, 2.05) is 24.3 Å². The summed E-state index contributed by atoms with van der Waals surface area (Å²) in [6, 6.07) is 13.5. The van der Waals surface area contributed by atoms with Crippen LogP contribution in [0.5, 0.6) is 5.75 Å². The number of ether oxygens (including phenoxy) is 1. The molecule has 2 aromatic carbocycles. The molecule has 1 amide bonds. The van der Waals surface area contributed by atoms with Crippen LogP contribution in [0.4, 0.5) is 0 Å². The van der Waals surface area contributed by atoms with Crippen molar-refractivity contribution in [3.8, 4) is 5.75 Å². The maximum atomic E-state index is 12.8. The first-order chi connectivity index (χ1) is 13.1. The Morgan fingerprint density at radius 2 is 1.75 bits per heavy atom. The van der Waals surface area contributed by atoms with Crippen molar-refractivity contribution in [3.05, 3.63) is 59.7 Å². The molecule has 6 nitrogen and oxygen atoms in total. The molecule has 0 aliphatic rings. The highest BCUT2D eigenvalue weighted by molar-refractivity contribution is 7.89. The normalized spacial score (nSPS) is 12.8. The van der Waals surface area contributed by atoms with Gasteiger partial charge in [-0.3, -0.25) is 4.79 Å². The average molecular weight is 405 g/mol. The van der Waals surface area contributed by atoms with Crippen LogP contribution < -0.4 is 10.1 Å². The van der Waals surface area contributed by atoms with Crippen LogP contribution in [0.15, 0.2) is 53.4 Å². The van der Waals surface area contributed by atoms with Gasteiger partial charge in [0, 0.05) is 19.7 Å². The zero-order valence-electron chi connectivity index (χ0n) is 17.0. The highest BCUT2D eigenvalue weighted by Crippen LogP contribution is 2.24. The summed E-state index contributed by atoms with van der Waals surface area (Å²) in [4.78, 5) is 12.9. The Hall–Kier alpha value is -2.38. The molecule has 2 rings (SSSR count). The van der Waals surface area contributed by atoms with E-state index in [0.29, 0.717) is 11.5 Å². The monoisotopic (exact) mass is 404 g/mol. The van der Waals surface area contributed by atoms with Crippen molar-refractivity contribution in [2.75, 3.05) is 21.2 Å². The third-order valence-corrected chi connectivity index (χ3v) is 6.22. The third-order valence-electron chi connectivity index (χ3n) is 4.41. The summed E-state index contributed by atoms with van der Waals surface area (Å²) in [5.41, 5.74) is 1.28. The van der Waals surface area contributed by atoms with Gasteiger partial charge in [0.2, 0.25) is 10.0 Å². The van der Waals surface area contributed by atoms with E-state index >= 15 is 0 Å². The SMILES string of the molecule is COc1ccc(C(CC(C)C)NC(=O)c2cccc(S(=O)(=O)N(C)C)c2)cc1. The number of amides is 1. The molecule has 0 fully saturated rings. The van der Waals surface area contributed by atoms with Crippen molar-refractivity contribution < 1.29 is 17.9 Å². The second-order valence-electron chi connectivity index (χ2n) is 7.24. The maximum Gasteiger partial charge on any atom is 0.251 e. The lowest BCUT2D eigenvalue weighted by Crippen LogP contribution is -2.30. The third kappa shape index (κ3) is 5.33. The lowest BCUT2D eigenvalue weighted by molar-refractivity contribution is 0.0931. The van der Waals surface area contributed by atoms with Crippen LogP contribution in [0.3, 0.4) is 0 Å². The Balaban J connectivity index is 2.28. The quantitative estimate of drug-likeness (QED) is 0.731. The number of sulfonamides is 1. The highest BCUT2D eigenvalue weighted by atomic mass is 32.2. The van der Waals surface area contributed by atoms with E-state index in [1.165, 1.54) is 26.2 Å². The molecule has 28 heavy (non-hydrogen) atoms. The fourth-order valence-corrected chi connectivity index (χ4v) is 3.78. The second-order valence-corrected chi connectivity index (χ2v) is 9.40. The van der Waals surface area contributed by atoms with E-state index in [-0.39, 0.29) is 16.8 Å². The van der Waals surface area contributed by atoms with Crippen molar-refractivity contribution in [1.82, 2.24) is 9.62 Å². The molecule has 0 aliphatic carbocycles. The molecular weight excluding hydrogens is 376 g/mol. The molecule has 0 radical (unpaired) electrons. The summed E-state index contributed by atoms with van der Waals surface area (Å²) in [6.45, 7) is 4.18. The van der Waals surface area contributed by atoms with Gasteiger partial charge in [0.15, 0.2) is 0 Å². The number of methoxy groups -OCH3 is 1. The van der Waals surface area contributed by atoms with Gasteiger partial charge in [0.05, 0.1) is 18.0 Å². The predicted molar refractivity (Wildman–Crippen MR) is 110 cm³/mol. The summed E-state index contributed by atoms with van der Waals surface area (Å²) in [5, 5.41) is 3.04. The molecule has 1 N–H and O–H groups in total. The van der Waals surface area contributed by atoms with E-state index in [0.717, 1.165) is 22.0 Å². The van der Waals surface area contributed by atoms with Gasteiger partial charge >= 0.3 is 0 Å². The summed E-state index contributed by atoms with van der Waals surface area (Å²) in [6.07, 6.45) is 0.758. The Labute approximate surface area is 167 Å². The second kappa shape index (κ2) is 9.21. The van der Waals surface area contributed by atoms with Gasteiger partial charge in [0.25, 0.3) is 5.91 Å². The first-order valence-corrected chi connectivity index (χ1v) is 10.6. The molecule has 0 saturated heterocycles. The Kier molecular flexibility index (Phi) is 7.21. The Bertz CT molecular complexity index is 906. The van der Waals surface area contributed by atoms with E-state index < -0.39 is 10.0 Å². The number of rotatable bonds is 8. The van der Waals surface area contributed by atoms with Crippen molar-refractivity contribution in [2.24, 2.45) is 5.92 Å². The molecular formula is C21H28N2O4S. The fraction of sp³-hybridized carbons (Fsp3) is 0.381. The van der Waals surface area contributed by atoms with Gasteiger partial charge in [-0.2, -0.15) is 0 Å². The lowest BCUT2D eigenvalue weighted by atomic mass is 9.96. The molecule has 0 bridgehead atoms. The molecule has 0 aliphatic heterocycles. The molecule has 2 aromatic rings. The minimum Gasteiger partial charge on any atom is -0.497 e. The van der Waals surface area contributed by atoms with E-state index in [2.05, 4.69) is 19.2 Å². The predicted octanol–water partition coefficient (Wildman–Crippen LogP) is 3.46. The van der Waals surface area contributed by atoms with Gasteiger partial charge in [-0.15, -0.1) is 0 Å². The van der Waals surface area contributed by atoms with Crippen LogP contribution in [0.1, 0.15) is 42.2 Å². The van der Waals surface area contributed by atoms with Crippen molar-refractivity contribution in [2.45, 2.75) is 31.2 Å². The van der Waals surface area contributed by atoms with E-state index in [1.54, 1.807) is 19.2 Å². The summed E-state index contributed by atoms with van der Waals surface area (Å²) in [7, 11) is 0.933. The zero-order valence-corrected chi connectivity index (χ0v) is 17.8. The fourth-order valence-electron chi connectivity index (χ4n) is 2.84.